The number of nitrogens with one attached hydrogen (secondary N) is 2. The lowest BCUT2D eigenvalue weighted by Crippen LogP contribution is -2.38. The molecule has 1 aromatic heterocycles. The van der Waals surface area contributed by atoms with Crippen LogP contribution < -0.4 is 16.6 Å². The van der Waals surface area contributed by atoms with Crippen molar-refractivity contribution in [2.24, 2.45) is 0 Å². The Bertz CT molecular complexity index is 1240. The number of aromatic amines is 1. The maximum Gasteiger partial charge on any atom is 0.328 e. The topological polar surface area (TPSA) is 101 Å². The second-order valence-electron chi connectivity index (χ2n) is 7.12. The van der Waals surface area contributed by atoms with Crippen LogP contribution in [0.4, 0.5) is 0 Å². The van der Waals surface area contributed by atoms with E-state index in [1.54, 1.807) is 17.8 Å². The van der Waals surface area contributed by atoms with Crippen LogP contribution in [0.2, 0.25) is 0 Å². The van der Waals surface area contributed by atoms with Gasteiger partial charge in [-0.15, -0.1) is 0 Å². The monoisotopic (exact) mass is 423 g/mol. The number of fused-ring (bicyclic) bond motifs is 2. The molecule has 0 fully saturated rings. The van der Waals surface area contributed by atoms with Gasteiger partial charge in [0.15, 0.2) is 5.78 Å². The molecule has 3 aromatic rings. The number of aromatic nitrogens is 2. The summed E-state index contributed by atoms with van der Waals surface area (Å²) in [5, 5.41) is 4.47. The summed E-state index contributed by atoms with van der Waals surface area (Å²) in [6, 6.07) is 13.1. The van der Waals surface area contributed by atoms with E-state index in [0.29, 0.717) is 29.0 Å². The highest BCUT2D eigenvalue weighted by atomic mass is 32.2. The maximum absolute atomic E-state index is 12.6. The largest absolute Gasteiger partial charge is 0.349 e. The van der Waals surface area contributed by atoms with E-state index in [1.165, 1.54) is 4.57 Å². The van der Waals surface area contributed by atoms with E-state index in [1.807, 2.05) is 36.4 Å². The molecule has 1 aliphatic rings. The van der Waals surface area contributed by atoms with Crippen LogP contribution in [0.3, 0.4) is 0 Å². The average Bonchev–Trinajstić information content (AvgIpc) is 2.77. The van der Waals surface area contributed by atoms with Crippen LogP contribution in [0.1, 0.15) is 28.0 Å². The Balaban J connectivity index is 1.41. The van der Waals surface area contributed by atoms with E-state index < -0.39 is 5.69 Å². The molecule has 30 heavy (non-hydrogen) atoms. The zero-order valence-electron chi connectivity index (χ0n) is 16.3. The lowest BCUT2D eigenvalue weighted by Gasteiger charge is -2.19. The van der Waals surface area contributed by atoms with Crippen LogP contribution in [0.5, 0.6) is 0 Å². The van der Waals surface area contributed by atoms with E-state index in [2.05, 4.69) is 10.3 Å². The van der Waals surface area contributed by atoms with Gasteiger partial charge in [0.1, 0.15) is 0 Å². The van der Waals surface area contributed by atoms with Crippen LogP contribution in [0.15, 0.2) is 52.1 Å². The van der Waals surface area contributed by atoms with Crippen molar-refractivity contribution in [1.82, 2.24) is 14.9 Å². The number of rotatable bonds is 6. The van der Waals surface area contributed by atoms with Gasteiger partial charge in [0.25, 0.3) is 5.56 Å². The highest BCUT2D eigenvalue weighted by molar-refractivity contribution is 7.98. The van der Waals surface area contributed by atoms with E-state index in [4.69, 9.17) is 0 Å². The molecule has 2 aromatic carbocycles. The normalized spacial score (nSPS) is 13.1. The number of carbonyl (C=O) groups excluding carboxylic acids is 2. The first-order chi connectivity index (χ1) is 14.5. The molecule has 0 spiro atoms. The zero-order valence-corrected chi connectivity index (χ0v) is 17.1. The van der Waals surface area contributed by atoms with Crippen molar-refractivity contribution in [3.8, 4) is 0 Å². The quantitative estimate of drug-likeness (QED) is 0.590. The third kappa shape index (κ3) is 4.09. The minimum Gasteiger partial charge on any atom is -0.349 e. The molecule has 0 atom stereocenters. The fourth-order valence-corrected chi connectivity index (χ4v) is 4.70. The first-order valence-corrected chi connectivity index (χ1v) is 10.9. The molecule has 2 N–H and O–H groups in total. The van der Waals surface area contributed by atoms with Crippen LogP contribution in [0.25, 0.3) is 10.8 Å². The summed E-state index contributed by atoms with van der Waals surface area (Å²) in [4.78, 5) is 51.4. The Hall–Kier alpha value is -3.13. The van der Waals surface area contributed by atoms with Crippen molar-refractivity contribution in [2.45, 2.75) is 25.1 Å². The Morgan fingerprint density at radius 1 is 1.10 bits per heavy atom. The van der Waals surface area contributed by atoms with E-state index in [0.717, 1.165) is 16.5 Å². The molecule has 8 heteroatoms. The lowest BCUT2D eigenvalue weighted by molar-refractivity contribution is -0.121. The van der Waals surface area contributed by atoms with Gasteiger partial charge in [0.2, 0.25) is 5.91 Å². The molecular formula is C22H21N3O4S. The first-order valence-electron chi connectivity index (χ1n) is 9.75. The Morgan fingerprint density at radius 3 is 2.77 bits per heavy atom. The minimum atomic E-state index is -0.495. The number of hydrogen-bond donors (Lipinski definition) is 2. The fourth-order valence-electron chi connectivity index (χ4n) is 3.72. The van der Waals surface area contributed by atoms with E-state index in [9.17, 15) is 19.2 Å². The fraction of sp³-hybridized carbons (Fsp3) is 0.273. The van der Waals surface area contributed by atoms with Crippen molar-refractivity contribution >= 4 is 34.2 Å². The summed E-state index contributed by atoms with van der Waals surface area (Å²) in [7, 11) is 0. The van der Waals surface area contributed by atoms with Gasteiger partial charge in [-0.25, -0.2) is 4.79 Å². The van der Waals surface area contributed by atoms with Gasteiger partial charge in [0.05, 0.1) is 6.54 Å². The molecular weight excluding hydrogens is 402 g/mol. The van der Waals surface area contributed by atoms with Crippen molar-refractivity contribution in [3.05, 3.63) is 80.1 Å². The Morgan fingerprint density at radius 2 is 1.90 bits per heavy atom. The van der Waals surface area contributed by atoms with Gasteiger partial charge in [-0.05, 0) is 22.9 Å². The molecule has 0 bridgehead atoms. The number of H-pyrrole nitrogens is 1. The summed E-state index contributed by atoms with van der Waals surface area (Å²) >= 11 is 1.65. The Labute approximate surface area is 176 Å². The van der Waals surface area contributed by atoms with Crippen LogP contribution >= 0.6 is 11.8 Å². The summed E-state index contributed by atoms with van der Waals surface area (Å²) in [5.41, 5.74) is 1.05. The molecule has 0 saturated carbocycles. The zero-order chi connectivity index (χ0) is 21.1. The maximum atomic E-state index is 12.6. The van der Waals surface area contributed by atoms with Gasteiger partial charge < -0.3 is 5.32 Å². The lowest BCUT2D eigenvalue weighted by atomic mass is 10.0. The van der Waals surface area contributed by atoms with Crippen molar-refractivity contribution in [3.63, 3.8) is 0 Å². The van der Waals surface area contributed by atoms with E-state index in [-0.39, 0.29) is 36.8 Å². The molecule has 4 rings (SSSR count). The molecule has 0 saturated heterocycles. The van der Waals surface area contributed by atoms with Gasteiger partial charge in [-0.1, -0.05) is 42.5 Å². The molecule has 0 unspecified atom stereocenters. The van der Waals surface area contributed by atoms with Crippen LogP contribution in [-0.4, -0.2) is 33.5 Å². The number of amides is 1. The third-order valence-electron chi connectivity index (χ3n) is 5.24. The summed E-state index contributed by atoms with van der Waals surface area (Å²) in [6.45, 7) is 0.0546. The number of benzene rings is 2. The predicted octanol–water partition coefficient (Wildman–Crippen LogP) is 1.87. The Kier molecular flexibility index (Phi) is 5.85. The highest BCUT2D eigenvalue weighted by Gasteiger charge is 2.19. The number of Topliss-reactive ketones (excluding diaryl/α,β-unsaturated/α-hetero) is 1. The highest BCUT2D eigenvalue weighted by Crippen LogP contribution is 2.21. The van der Waals surface area contributed by atoms with Crippen molar-refractivity contribution < 1.29 is 9.59 Å². The molecule has 154 valence electrons. The molecule has 7 nitrogen and oxygen atoms in total. The van der Waals surface area contributed by atoms with Crippen molar-refractivity contribution in [1.29, 1.82) is 0 Å². The van der Waals surface area contributed by atoms with Crippen molar-refractivity contribution in [2.75, 3.05) is 12.3 Å². The summed E-state index contributed by atoms with van der Waals surface area (Å²) in [5.74, 6) is 0.912. The average molecular weight is 423 g/mol. The number of hydrogen-bond acceptors (Lipinski definition) is 5. The number of nitrogens with zero attached hydrogens (tertiary/aromatic N) is 1. The van der Waals surface area contributed by atoms with E-state index >= 15 is 0 Å². The van der Waals surface area contributed by atoms with Crippen LogP contribution in [-0.2, 0) is 23.5 Å². The number of ketones is 1. The van der Waals surface area contributed by atoms with Gasteiger partial charge >= 0.3 is 5.69 Å². The standard InChI is InChI=1S/C22H21N3O4S/c26-19(16-7-3-5-14-4-1-2-6-15(14)16)12-23-20(27)8-10-25-18-9-11-30-13-17(18)21(28)24-22(25)29/h1-7H,8-13H2,(H,23,27)(H,24,28,29). The molecule has 1 aliphatic heterocycles. The SMILES string of the molecule is O=C(CCn1c2c(c(=O)[nH]c1=O)CSCC2)NCC(=O)c1cccc2ccccc12. The number of thioether (sulfide) groups is 1. The molecule has 0 radical (unpaired) electrons. The van der Waals surface area contributed by atoms with Gasteiger partial charge in [-0.2, -0.15) is 11.8 Å². The summed E-state index contributed by atoms with van der Waals surface area (Å²) < 4.78 is 1.47. The number of carbonyl (C=O) groups is 2. The van der Waals surface area contributed by atoms with Crippen LogP contribution in [0, 0.1) is 0 Å². The summed E-state index contributed by atoms with van der Waals surface area (Å²) in [6.07, 6.45) is 0.675. The first kappa shape index (κ1) is 20.2. The second kappa shape index (κ2) is 8.71. The smallest absolute Gasteiger partial charge is 0.328 e. The van der Waals surface area contributed by atoms with Gasteiger partial charge in [0, 0.05) is 35.5 Å². The second-order valence-corrected chi connectivity index (χ2v) is 8.22. The third-order valence-corrected chi connectivity index (χ3v) is 6.23. The molecule has 1 amide bonds. The molecule has 0 aliphatic carbocycles. The van der Waals surface area contributed by atoms with Gasteiger partial charge in [-0.3, -0.25) is 23.9 Å². The minimum absolute atomic E-state index is 0.0500. The predicted molar refractivity (Wildman–Crippen MR) is 117 cm³/mol. The molecule has 2 heterocycles.